The molecule has 4 heterocycles. The number of ether oxygens (including phenoxy) is 5. The van der Waals surface area contributed by atoms with Gasteiger partial charge in [-0.15, -0.1) is 0 Å². The number of nitrogen functional groups attached to an aromatic ring is 2. The van der Waals surface area contributed by atoms with Crippen LogP contribution in [0.2, 0.25) is 0 Å². The van der Waals surface area contributed by atoms with Gasteiger partial charge < -0.3 is 45.4 Å². The predicted molar refractivity (Wildman–Crippen MR) is 227 cm³/mol. The number of aliphatic carboxylic acids is 1. The standard InChI is InChI=1S/C22H29N3O5.C14H20O2.C8H11N3O4/c23-18-13-14-25(22(27)24-18)19-15-29-21(30-19)16-28-20(26)12-8-3-1-2-5-9-17-10-6-4-7-11-17;15-14(16)12-8-3-1-2-5-9-13-10-6-4-7-11-13;9-5-1-2-11(8(13)10-5)6-4-14-7(3-12)15-6/h4,6-7,10-11,13-14,19,21H,1-3,5,8-9,12,15-16H2,(H2,23,24,27);4,6-7,10-11H,1-3,5,8-9,12H2,(H,15,16);1-2,6-7,12H,3-4H2,(H2,9,10,13)/t19-,21-;;6-,7-/m0.0/s1. The number of aliphatic hydroxyl groups excluding tert-OH is 1. The molecule has 17 heteroatoms. The van der Waals surface area contributed by atoms with Gasteiger partial charge in [0.2, 0.25) is 0 Å². The number of unbranched alkanes of at least 4 members (excludes halogenated alkanes) is 8. The van der Waals surface area contributed by atoms with Crippen LogP contribution in [0.3, 0.4) is 0 Å². The number of rotatable bonds is 21. The fourth-order valence-corrected chi connectivity index (χ4v) is 6.44. The molecular formula is C44H60N6O11. The number of carboxylic acids is 1. The molecule has 0 bridgehead atoms. The average molecular weight is 849 g/mol. The van der Waals surface area contributed by atoms with Gasteiger partial charge in [-0.25, -0.2) is 9.59 Å². The van der Waals surface area contributed by atoms with Crippen LogP contribution in [-0.4, -0.2) is 80.3 Å². The molecule has 6 rings (SSSR count). The molecule has 2 aromatic carbocycles. The smallest absolute Gasteiger partial charge is 0.351 e. The summed E-state index contributed by atoms with van der Waals surface area (Å²) in [5.74, 6) is -0.628. The fourth-order valence-electron chi connectivity index (χ4n) is 6.44. The van der Waals surface area contributed by atoms with Gasteiger partial charge in [0.1, 0.15) is 18.2 Å². The number of carbonyl (C=O) groups is 2. The minimum absolute atomic E-state index is 0.00353. The first kappa shape index (κ1) is 48.2. The van der Waals surface area contributed by atoms with E-state index in [1.165, 1.54) is 64.0 Å². The van der Waals surface area contributed by atoms with Crippen molar-refractivity contribution in [3.05, 3.63) is 117 Å². The number of esters is 1. The Hall–Kier alpha value is -5.46. The summed E-state index contributed by atoms with van der Waals surface area (Å²) in [6, 6.07) is 24.0. The second-order valence-corrected chi connectivity index (χ2v) is 14.6. The topological polar surface area (TPSA) is 243 Å². The quantitative estimate of drug-likeness (QED) is 0.0625. The number of aromatic nitrogens is 4. The van der Waals surface area contributed by atoms with E-state index in [1.807, 2.05) is 12.1 Å². The lowest BCUT2D eigenvalue weighted by Crippen LogP contribution is -2.29. The molecule has 4 aromatic rings. The molecule has 17 nitrogen and oxygen atoms in total. The number of benzene rings is 2. The van der Waals surface area contributed by atoms with Gasteiger partial charge in [0.25, 0.3) is 0 Å². The third-order valence-electron chi connectivity index (χ3n) is 9.71. The van der Waals surface area contributed by atoms with Gasteiger partial charge in [-0.3, -0.25) is 18.7 Å². The molecule has 0 radical (unpaired) electrons. The second-order valence-electron chi connectivity index (χ2n) is 14.6. The van der Waals surface area contributed by atoms with Gasteiger partial charge >= 0.3 is 23.3 Å². The van der Waals surface area contributed by atoms with Crippen LogP contribution in [0.25, 0.3) is 0 Å². The first-order valence-electron chi connectivity index (χ1n) is 20.9. The third-order valence-corrected chi connectivity index (χ3v) is 9.71. The Kier molecular flexibility index (Phi) is 21.7. The zero-order chi connectivity index (χ0) is 43.7. The number of anilines is 2. The van der Waals surface area contributed by atoms with E-state index in [0.29, 0.717) is 12.8 Å². The summed E-state index contributed by atoms with van der Waals surface area (Å²) in [5.41, 5.74) is 12.6. The van der Waals surface area contributed by atoms with E-state index in [-0.39, 0.29) is 44.0 Å². The Morgan fingerprint density at radius 3 is 1.54 bits per heavy atom. The Balaban J connectivity index is 0.000000222. The largest absolute Gasteiger partial charge is 0.481 e. The Morgan fingerprint density at radius 1 is 0.639 bits per heavy atom. The van der Waals surface area contributed by atoms with Crippen LogP contribution in [0.4, 0.5) is 11.6 Å². The molecule has 2 fully saturated rings. The SMILES string of the molecule is Nc1ccn([C@@H]2CO[C@H](CO)O2)c(=O)n1.Nc1ccn([C@@H]2CO[C@H](COC(=O)CCCCCCCc3ccccc3)O2)c(=O)n1.O=C(O)CCCCCCCc1ccccc1. The molecule has 2 aliphatic rings. The second kappa shape index (κ2) is 27.4. The van der Waals surface area contributed by atoms with Gasteiger partial charge in [0, 0.05) is 25.2 Å². The number of hydrogen-bond donors (Lipinski definition) is 4. The molecule has 0 unspecified atom stereocenters. The number of aryl methyl sites for hydroxylation is 2. The number of nitrogens with zero attached hydrogens (tertiary/aromatic N) is 4. The van der Waals surface area contributed by atoms with E-state index in [9.17, 15) is 19.2 Å². The van der Waals surface area contributed by atoms with E-state index in [4.69, 9.17) is 45.4 Å². The predicted octanol–water partition coefficient (Wildman–Crippen LogP) is 5.17. The highest BCUT2D eigenvalue weighted by Gasteiger charge is 2.29. The number of aliphatic hydroxyl groups is 1. The molecule has 6 N–H and O–H groups in total. The van der Waals surface area contributed by atoms with Crippen molar-refractivity contribution < 1.29 is 43.5 Å². The molecule has 0 amide bonds. The van der Waals surface area contributed by atoms with Crippen molar-refractivity contribution in [2.75, 3.05) is 37.9 Å². The van der Waals surface area contributed by atoms with Crippen molar-refractivity contribution >= 4 is 23.6 Å². The lowest BCUT2D eigenvalue weighted by Gasteiger charge is -2.13. The number of carboxylic acid groups (broad SMARTS) is 1. The van der Waals surface area contributed by atoms with Crippen LogP contribution in [0.1, 0.15) is 101 Å². The summed E-state index contributed by atoms with van der Waals surface area (Å²) in [6.45, 7) is 0.143. The summed E-state index contributed by atoms with van der Waals surface area (Å²) in [6.07, 6.45) is 14.1. The highest BCUT2D eigenvalue weighted by atomic mass is 16.7. The van der Waals surface area contributed by atoms with E-state index >= 15 is 0 Å². The molecule has 0 aliphatic carbocycles. The van der Waals surface area contributed by atoms with Crippen LogP contribution >= 0.6 is 0 Å². The fraction of sp³-hybridized carbons (Fsp3) is 0.500. The highest BCUT2D eigenvalue weighted by Crippen LogP contribution is 2.21. The van der Waals surface area contributed by atoms with Gasteiger partial charge in [-0.2, -0.15) is 9.97 Å². The minimum atomic E-state index is -0.693. The lowest BCUT2D eigenvalue weighted by atomic mass is 10.1. The van der Waals surface area contributed by atoms with Crippen LogP contribution in [0, 0.1) is 0 Å². The summed E-state index contributed by atoms with van der Waals surface area (Å²) in [4.78, 5) is 52.6. The maximum Gasteiger partial charge on any atom is 0.351 e. The highest BCUT2D eigenvalue weighted by molar-refractivity contribution is 5.69. The van der Waals surface area contributed by atoms with Gasteiger partial charge in [-0.05, 0) is 61.8 Å². The average Bonchev–Trinajstić information content (AvgIpc) is 3.94. The van der Waals surface area contributed by atoms with E-state index in [2.05, 4.69) is 58.5 Å². The Labute approximate surface area is 355 Å². The number of nitrogens with two attached hydrogens (primary N) is 2. The summed E-state index contributed by atoms with van der Waals surface area (Å²) >= 11 is 0. The molecule has 0 spiro atoms. The molecule has 61 heavy (non-hydrogen) atoms. The van der Waals surface area contributed by atoms with Crippen molar-refractivity contribution in [2.45, 2.75) is 115 Å². The first-order valence-corrected chi connectivity index (χ1v) is 20.9. The maximum absolute atomic E-state index is 11.9. The Bertz CT molecular complexity index is 1980. The summed E-state index contributed by atoms with van der Waals surface area (Å²) in [5, 5.41) is 17.2. The molecule has 2 aromatic heterocycles. The first-order chi connectivity index (χ1) is 29.6. The Morgan fingerprint density at radius 2 is 1.08 bits per heavy atom. The summed E-state index contributed by atoms with van der Waals surface area (Å²) < 4.78 is 29.1. The van der Waals surface area contributed by atoms with Crippen molar-refractivity contribution in [3.63, 3.8) is 0 Å². The maximum atomic E-state index is 11.9. The lowest BCUT2D eigenvalue weighted by molar-refractivity contribution is -0.159. The molecule has 4 atom stereocenters. The molecule has 0 saturated carbocycles. The molecule has 2 saturated heterocycles. The zero-order valence-corrected chi connectivity index (χ0v) is 34.6. The van der Waals surface area contributed by atoms with Crippen LogP contribution in [0.5, 0.6) is 0 Å². The van der Waals surface area contributed by atoms with Crippen molar-refractivity contribution in [1.29, 1.82) is 0 Å². The normalized spacial score (nSPS) is 18.0. The number of carbonyl (C=O) groups excluding carboxylic acids is 1. The minimum Gasteiger partial charge on any atom is -0.481 e. The molecule has 332 valence electrons. The third kappa shape index (κ3) is 18.8. The van der Waals surface area contributed by atoms with Crippen molar-refractivity contribution in [2.24, 2.45) is 0 Å². The van der Waals surface area contributed by atoms with E-state index in [1.54, 1.807) is 0 Å². The molecular weight excluding hydrogens is 789 g/mol. The summed E-state index contributed by atoms with van der Waals surface area (Å²) in [7, 11) is 0. The van der Waals surface area contributed by atoms with Gasteiger partial charge in [-0.1, -0.05) is 99.2 Å². The van der Waals surface area contributed by atoms with Crippen LogP contribution in [0.15, 0.2) is 94.8 Å². The van der Waals surface area contributed by atoms with Crippen LogP contribution in [-0.2, 0) is 46.1 Å². The van der Waals surface area contributed by atoms with Crippen molar-refractivity contribution in [1.82, 2.24) is 19.1 Å². The monoisotopic (exact) mass is 848 g/mol. The molecule has 2 aliphatic heterocycles. The zero-order valence-electron chi connectivity index (χ0n) is 34.6. The van der Waals surface area contributed by atoms with Gasteiger partial charge in [0.05, 0.1) is 19.8 Å². The van der Waals surface area contributed by atoms with E-state index < -0.39 is 42.4 Å². The number of hydrogen-bond acceptors (Lipinski definition) is 14. The van der Waals surface area contributed by atoms with Crippen molar-refractivity contribution in [3.8, 4) is 0 Å². The van der Waals surface area contributed by atoms with E-state index in [0.717, 1.165) is 57.8 Å². The van der Waals surface area contributed by atoms with Crippen LogP contribution < -0.4 is 22.8 Å². The van der Waals surface area contributed by atoms with Gasteiger partial charge in [0.15, 0.2) is 25.0 Å².